The van der Waals surface area contributed by atoms with E-state index in [0.717, 1.165) is 0 Å². The fourth-order valence-electron chi connectivity index (χ4n) is 1.32. The molecule has 2 rings (SSSR count). The van der Waals surface area contributed by atoms with Crippen LogP contribution in [0.1, 0.15) is 5.56 Å². The van der Waals surface area contributed by atoms with Crippen molar-refractivity contribution in [1.29, 1.82) is 5.26 Å². The van der Waals surface area contributed by atoms with Gasteiger partial charge in [-0.1, -0.05) is 0 Å². The van der Waals surface area contributed by atoms with Gasteiger partial charge in [0, 0.05) is 5.39 Å². The number of hydrogen-bond acceptors (Lipinski definition) is 5. The van der Waals surface area contributed by atoms with Gasteiger partial charge in [0.1, 0.15) is 0 Å². The topological polar surface area (TPSA) is 117 Å². The highest BCUT2D eigenvalue weighted by Crippen LogP contribution is 2.25. The number of nitriles is 1. The Morgan fingerprint density at radius 1 is 1.50 bits per heavy atom. The molecule has 0 aliphatic heterocycles. The van der Waals surface area contributed by atoms with E-state index in [-0.39, 0.29) is 0 Å². The molecule has 0 amide bonds. The molecule has 0 unspecified atom stereocenters. The van der Waals surface area contributed by atoms with Crippen molar-refractivity contribution in [1.82, 2.24) is 10.2 Å². The molecular weight excluding hydrogens is 180 g/mol. The third-order valence-corrected chi connectivity index (χ3v) is 1.97. The first-order valence-corrected chi connectivity index (χ1v) is 3.90. The van der Waals surface area contributed by atoms with Crippen LogP contribution in [-0.4, -0.2) is 10.2 Å². The van der Waals surface area contributed by atoms with Crippen molar-refractivity contribution in [3.05, 3.63) is 17.7 Å². The van der Waals surface area contributed by atoms with E-state index in [1.165, 1.54) is 0 Å². The highest BCUT2D eigenvalue weighted by Gasteiger charge is 2.08. The van der Waals surface area contributed by atoms with Crippen LogP contribution in [0.3, 0.4) is 0 Å². The molecule has 0 bridgehead atoms. The number of nitrogens with zero attached hydrogens (tertiary/aromatic N) is 2. The summed E-state index contributed by atoms with van der Waals surface area (Å²) >= 11 is 0. The first-order valence-electron chi connectivity index (χ1n) is 3.90. The SMILES string of the molecule is N#Cc1cc(N)c2[nH]nc(NN)c2c1. The molecule has 0 atom stereocenters. The van der Waals surface area contributed by atoms with Crippen LogP contribution in [0.25, 0.3) is 10.9 Å². The molecule has 0 saturated heterocycles. The van der Waals surface area contributed by atoms with Crippen molar-refractivity contribution in [3.8, 4) is 6.07 Å². The summed E-state index contributed by atoms with van der Waals surface area (Å²) in [6.07, 6.45) is 0. The molecule has 6 nitrogen and oxygen atoms in total. The smallest absolute Gasteiger partial charge is 0.169 e. The van der Waals surface area contributed by atoms with Crippen LogP contribution in [0.15, 0.2) is 12.1 Å². The fourth-order valence-corrected chi connectivity index (χ4v) is 1.32. The first-order chi connectivity index (χ1) is 6.76. The van der Waals surface area contributed by atoms with E-state index in [9.17, 15) is 0 Å². The van der Waals surface area contributed by atoms with E-state index in [0.29, 0.717) is 28.0 Å². The van der Waals surface area contributed by atoms with E-state index >= 15 is 0 Å². The van der Waals surface area contributed by atoms with Crippen LogP contribution in [0.4, 0.5) is 11.5 Å². The van der Waals surface area contributed by atoms with Crippen LogP contribution in [-0.2, 0) is 0 Å². The highest BCUT2D eigenvalue weighted by atomic mass is 15.3. The molecule has 0 spiro atoms. The van der Waals surface area contributed by atoms with Gasteiger partial charge in [-0.3, -0.25) is 5.10 Å². The van der Waals surface area contributed by atoms with E-state index < -0.39 is 0 Å². The maximum Gasteiger partial charge on any atom is 0.169 e. The van der Waals surface area contributed by atoms with E-state index in [1.807, 2.05) is 6.07 Å². The Morgan fingerprint density at radius 2 is 2.29 bits per heavy atom. The second-order valence-electron chi connectivity index (χ2n) is 2.82. The van der Waals surface area contributed by atoms with Gasteiger partial charge in [0.15, 0.2) is 5.82 Å². The second kappa shape index (κ2) is 2.90. The van der Waals surface area contributed by atoms with Crippen LogP contribution in [0.5, 0.6) is 0 Å². The van der Waals surface area contributed by atoms with Gasteiger partial charge < -0.3 is 11.2 Å². The molecule has 0 radical (unpaired) electrons. The van der Waals surface area contributed by atoms with E-state index in [1.54, 1.807) is 12.1 Å². The summed E-state index contributed by atoms with van der Waals surface area (Å²) in [4.78, 5) is 0. The minimum absolute atomic E-state index is 0.476. The number of H-pyrrole nitrogens is 1. The summed E-state index contributed by atoms with van der Waals surface area (Å²) in [5.74, 6) is 5.72. The number of nitrogens with two attached hydrogens (primary N) is 2. The highest BCUT2D eigenvalue weighted by molar-refractivity contribution is 5.97. The number of hydrazine groups is 1. The maximum absolute atomic E-state index is 8.73. The van der Waals surface area contributed by atoms with Gasteiger partial charge in [0.05, 0.1) is 22.8 Å². The van der Waals surface area contributed by atoms with E-state index in [2.05, 4.69) is 15.6 Å². The number of rotatable bonds is 1. The average Bonchev–Trinajstić information content (AvgIpc) is 2.61. The lowest BCUT2D eigenvalue weighted by Gasteiger charge is -1.97. The van der Waals surface area contributed by atoms with Crippen LogP contribution < -0.4 is 17.0 Å². The van der Waals surface area contributed by atoms with Crippen LogP contribution in [0.2, 0.25) is 0 Å². The molecular formula is C8H8N6. The number of hydrogen-bond donors (Lipinski definition) is 4. The van der Waals surface area contributed by atoms with Gasteiger partial charge in [-0.25, -0.2) is 5.84 Å². The molecule has 6 heteroatoms. The van der Waals surface area contributed by atoms with Gasteiger partial charge in [0.25, 0.3) is 0 Å². The lowest BCUT2D eigenvalue weighted by atomic mass is 10.1. The van der Waals surface area contributed by atoms with Gasteiger partial charge in [0.2, 0.25) is 0 Å². The van der Waals surface area contributed by atoms with E-state index in [4.69, 9.17) is 16.8 Å². The van der Waals surface area contributed by atoms with Gasteiger partial charge in [-0.05, 0) is 12.1 Å². The molecule has 1 heterocycles. The molecule has 2 aromatic rings. The molecule has 6 N–H and O–H groups in total. The summed E-state index contributed by atoms with van der Waals surface area (Å²) in [6.45, 7) is 0. The van der Waals surface area contributed by atoms with Crippen molar-refractivity contribution in [2.75, 3.05) is 11.2 Å². The monoisotopic (exact) mass is 188 g/mol. The third-order valence-electron chi connectivity index (χ3n) is 1.97. The average molecular weight is 188 g/mol. The van der Waals surface area contributed by atoms with Crippen LogP contribution >= 0.6 is 0 Å². The Bertz CT molecular complexity index is 520. The summed E-state index contributed by atoms with van der Waals surface area (Å²) < 4.78 is 0. The standard InChI is InChI=1S/C8H8N6/c9-3-4-1-5-7(6(10)2-4)13-14-8(5)12-11/h1-2H,10-11H2,(H2,12,13,14). The maximum atomic E-state index is 8.73. The molecule has 70 valence electrons. The normalized spacial score (nSPS) is 10.0. The number of nitrogens with one attached hydrogen (secondary N) is 2. The molecule has 1 aromatic carbocycles. The van der Waals surface area contributed by atoms with Crippen LogP contribution in [0, 0.1) is 11.3 Å². The Labute approximate surface area is 79.5 Å². The van der Waals surface area contributed by atoms with Gasteiger partial charge in [-0.2, -0.15) is 10.4 Å². The number of nitrogen functional groups attached to an aromatic ring is 2. The molecule has 0 saturated carbocycles. The summed E-state index contributed by atoms with van der Waals surface area (Å²) in [5.41, 5.74) is 9.77. The quantitative estimate of drug-likeness (QED) is 0.292. The first kappa shape index (κ1) is 8.34. The predicted octanol–water partition coefficient (Wildman–Crippen LogP) is 0.302. The van der Waals surface area contributed by atoms with Crippen molar-refractivity contribution in [2.24, 2.45) is 5.84 Å². The summed E-state index contributed by atoms with van der Waals surface area (Å²) in [5, 5.41) is 16.1. The lowest BCUT2D eigenvalue weighted by molar-refractivity contribution is 1.10. The number of benzene rings is 1. The minimum Gasteiger partial charge on any atom is -0.397 e. The summed E-state index contributed by atoms with van der Waals surface area (Å²) in [6, 6.07) is 5.27. The Morgan fingerprint density at radius 3 is 2.93 bits per heavy atom. The molecule has 1 aromatic heterocycles. The van der Waals surface area contributed by atoms with Gasteiger partial charge in [-0.15, -0.1) is 0 Å². The van der Waals surface area contributed by atoms with Crippen molar-refractivity contribution >= 4 is 22.4 Å². The predicted molar refractivity (Wildman–Crippen MR) is 53.0 cm³/mol. The largest absolute Gasteiger partial charge is 0.397 e. The zero-order valence-electron chi connectivity index (χ0n) is 7.20. The minimum atomic E-state index is 0.476. The Balaban J connectivity index is 2.82. The number of anilines is 2. The molecule has 0 fully saturated rings. The van der Waals surface area contributed by atoms with Crippen molar-refractivity contribution in [2.45, 2.75) is 0 Å². The number of fused-ring (bicyclic) bond motifs is 1. The number of aromatic nitrogens is 2. The third kappa shape index (κ3) is 1.04. The zero-order chi connectivity index (χ0) is 10.1. The second-order valence-corrected chi connectivity index (χ2v) is 2.82. The van der Waals surface area contributed by atoms with Crippen molar-refractivity contribution < 1.29 is 0 Å². The fraction of sp³-hybridized carbons (Fsp3) is 0. The lowest BCUT2D eigenvalue weighted by Crippen LogP contribution is -2.07. The van der Waals surface area contributed by atoms with Gasteiger partial charge >= 0.3 is 0 Å². The number of aromatic amines is 1. The Hall–Kier alpha value is -2.26. The molecule has 0 aliphatic carbocycles. The zero-order valence-corrected chi connectivity index (χ0v) is 7.20. The molecule has 14 heavy (non-hydrogen) atoms. The Kier molecular flexibility index (Phi) is 1.73. The molecule has 0 aliphatic rings. The van der Waals surface area contributed by atoms with Crippen molar-refractivity contribution in [3.63, 3.8) is 0 Å². The summed E-state index contributed by atoms with van der Waals surface area (Å²) in [7, 11) is 0.